The molecule has 0 aromatic rings. The van der Waals surface area contributed by atoms with Crippen LogP contribution in [0.15, 0.2) is 0 Å². The average Bonchev–Trinajstić information content (AvgIpc) is 2.22. The third-order valence-electron chi connectivity index (χ3n) is 2.26. The number of hydrogen-bond acceptors (Lipinski definition) is 3. The summed E-state index contributed by atoms with van der Waals surface area (Å²) in [7, 11) is 0.0245. The van der Waals surface area contributed by atoms with Gasteiger partial charge in [0.2, 0.25) is 0 Å². The maximum Gasteiger partial charge on any atom is 0.264 e. The summed E-state index contributed by atoms with van der Waals surface area (Å²) in [6.07, 6.45) is 8.85. The van der Waals surface area contributed by atoms with Crippen molar-refractivity contribution in [1.29, 1.82) is 0 Å². The molecule has 0 aliphatic rings. The van der Waals surface area contributed by atoms with Crippen LogP contribution in [0.5, 0.6) is 0 Å². The van der Waals surface area contributed by atoms with Gasteiger partial charge in [0.25, 0.3) is 10.1 Å². The fourth-order valence-corrected chi connectivity index (χ4v) is 1.99. The maximum atomic E-state index is 10.4. The second kappa shape index (κ2) is 16.8. The van der Waals surface area contributed by atoms with Crippen LogP contribution in [0, 0.1) is 0 Å². The molecule has 0 saturated heterocycles. The van der Waals surface area contributed by atoms with E-state index in [0.717, 1.165) is 12.8 Å². The molecule has 0 amide bonds. The van der Waals surface area contributed by atoms with Gasteiger partial charge < -0.3 is 5.32 Å². The Bertz CT molecular complexity index is 233. The van der Waals surface area contributed by atoms with Crippen LogP contribution in [0.1, 0.15) is 58.3 Å². The van der Waals surface area contributed by atoms with Crippen LogP contribution in [-0.2, 0) is 10.1 Å². The molecule has 0 aliphatic heterocycles. The molecule has 0 aliphatic carbocycles. The standard InChI is InChI=1S/C10H22O3S.C2H7N.FH/c1-2-3-4-5-6-7-8-9-10-14(11,12)13;1-3-2;/h2-10H2,1H3,(H,11,12,13);3H,1-2H3;1H. The smallest absolute Gasteiger partial charge is 0.264 e. The van der Waals surface area contributed by atoms with Crippen LogP contribution < -0.4 is 5.32 Å². The lowest BCUT2D eigenvalue weighted by atomic mass is 10.1. The molecule has 0 aromatic carbocycles. The van der Waals surface area contributed by atoms with E-state index in [9.17, 15) is 8.42 Å². The van der Waals surface area contributed by atoms with Gasteiger partial charge in [-0.25, -0.2) is 0 Å². The highest BCUT2D eigenvalue weighted by Crippen LogP contribution is 2.08. The predicted molar refractivity (Wildman–Crippen MR) is 76.5 cm³/mol. The van der Waals surface area contributed by atoms with Crippen molar-refractivity contribution in [3.8, 4) is 0 Å². The van der Waals surface area contributed by atoms with Gasteiger partial charge in [0.05, 0.1) is 5.75 Å². The van der Waals surface area contributed by atoms with Crippen LogP contribution in [-0.4, -0.2) is 32.8 Å². The Morgan fingerprint density at radius 2 is 1.22 bits per heavy atom. The van der Waals surface area contributed by atoms with Gasteiger partial charge in [0.15, 0.2) is 0 Å². The molecule has 0 spiro atoms. The summed E-state index contributed by atoms with van der Waals surface area (Å²) in [4.78, 5) is 0. The molecule has 0 fully saturated rings. The lowest BCUT2D eigenvalue weighted by Crippen LogP contribution is -2.03. The Balaban J connectivity index is -0.000000507. The first-order valence-electron chi connectivity index (χ1n) is 6.51. The van der Waals surface area contributed by atoms with Crippen molar-refractivity contribution in [2.24, 2.45) is 0 Å². The summed E-state index contributed by atoms with van der Waals surface area (Å²) in [6, 6.07) is 0. The van der Waals surface area contributed by atoms with E-state index in [-0.39, 0.29) is 10.5 Å². The number of unbranched alkanes of at least 4 members (excludes halogenated alkanes) is 7. The molecular weight excluding hydrogens is 257 g/mol. The van der Waals surface area contributed by atoms with Crippen molar-refractivity contribution < 1.29 is 17.7 Å². The minimum atomic E-state index is -3.73. The van der Waals surface area contributed by atoms with Gasteiger partial charge >= 0.3 is 0 Å². The monoisotopic (exact) mass is 287 g/mol. The summed E-state index contributed by atoms with van der Waals surface area (Å²) in [6.45, 7) is 2.19. The highest BCUT2D eigenvalue weighted by atomic mass is 32.2. The summed E-state index contributed by atoms with van der Waals surface area (Å²) < 4.78 is 29.2. The molecular formula is C12H30FNO3S. The molecule has 6 heteroatoms. The lowest BCUT2D eigenvalue weighted by Gasteiger charge is -2.00. The number of hydrogen-bond donors (Lipinski definition) is 2. The average molecular weight is 287 g/mol. The van der Waals surface area contributed by atoms with E-state index in [2.05, 4.69) is 12.2 Å². The van der Waals surface area contributed by atoms with Crippen molar-refractivity contribution in [3.63, 3.8) is 0 Å². The topological polar surface area (TPSA) is 66.4 Å². The van der Waals surface area contributed by atoms with Crippen molar-refractivity contribution in [2.75, 3.05) is 19.8 Å². The van der Waals surface area contributed by atoms with Gasteiger partial charge in [-0.2, -0.15) is 8.42 Å². The molecule has 114 valence electrons. The minimum absolute atomic E-state index is 0. The molecule has 0 unspecified atom stereocenters. The zero-order valence-corrected chi connectivity index (χ0v) is 12.8. The Labute approximate surface area is 112 Å². The van der Waals surface area contributed by atoms with Crippen molar-refractivity contribution in [2.45, 2.75) is 58.3 Å². The lowest BCUT2D eigenvalue weighted by molar-refractivity contribution is 0.478. The molecule has 4 nitrogen and oxygen atoms in total. The number of nitrogens with one attached hydrogen (secondary N) is 1. The summed E-state index contributed by atoms with van der Waals surface area (Å²) >= 11 is 0. The highest BCUT2D eigenvalue weighted by Gasteiger charge is 2.02. The van der Waals surface area contributed by atoms with E-state index in [1.54, 1.807) is 0 Å². The first-order chi connectivity index (χ1) is 7.97. The van der Waals surface area contributed by atoms with Crippen molar-refractivity contribution in [3.05, 3.63) is 0 Å². The Morgan fingerprint density at radius 3 is 1.56 bits per heavy atom. The molecule has 0 bridgehead atoms. The fraction of sp³-hybridized carbons (Fsp3) is 1.00. The molecule has 0 radical (unpaired) electrons. The van der Waals surface area contributed by atoms with Crippen molar-refractivity contribution >= 4 is 10.1 Å². The van der Waals surface area contributed by atoms with E-state index in [0.29, 0.717) is 6.42 Å². The SMILES string of the molecule is CCCCCCCCCCS(=O)(=O)O.CNC.F. The third-order valence-corrected chi connectivity index (χ3v) is 3.06. The normalized spacial score (nSPS) is 10.2. The molecule has 18 heavy (non-hydrogen) atoms. The Hall–Kier alpha value is -0.200. The summed E-state index contributed by atoms with van der Waals surface area (Å²) in [5.74, 6) is -0.0814. The number of halogens is 1. The van der Waals surface area contributed by atoms with E-state index in [1.807, 2.05) is 14.1 Å². The second-order valence-corrected chi connectivity index (χ2v) is 5.83. The van der Waals surface area contributed by atoms with Crippen LogP contribution in [0.2, 0.25) is 0 Å². The molecule has 0 aromatic heterocycles. The zero-order valence-electron chi connectivity index (χ0n) is 11.9. The van der Waals surface area contributed by atoms with Crippen LogP contribution >= 0.6 is 0 Å². The minimum Gasteiger partial charge on any atom is -0.323 e. The third kappa shape index (κ3) is 29.7. The van der Waals surface area contributed by atoms with Crippen molar-refractivity contribution in [1.82, 2.24) is 5.32 Å². The fourth-order valence-electron chi connectivity index (χ4n) is 1.42. The molecule has 0 heterocycles. The first kappa shape index (κ1) is 22.9. The highest BCUT2D eigenvalue weighted by molar-refractivity contribution is 7.85. The van der Waals surface area contributed by atoms with Gasteiger partial charge in [-0.05, 0) is 20.5 Å². The number of rotatable bonds is 9. The van der Waals surface area contributed by atoms with Gasteiger partial charge in [0, 0.05) is 0 Å². The maximum absolute atomic E-state index is 10.4. The zero-order chi connectivity index (χ0) is 13.6. The van der Waals surface area contributed by atoms with Crippen LogP contribution in [0.4, 0.5) is 4.70 Å². The van der Waals surface area contributed by atoms with E-state index in [1.165, 1.54) is 32.1 Å². The van der Waals surface area contributed by atoms with Gasteiger partial charge in [-0.1, -0.05) is 51.9 Å². The summed E-state index contributed by atoms with van der Waals surface area (Å²) in [5, 5.41) is 2.75. The van der Waals surface area contributed by atoms with Gasteiger partial charge in [-0.15, -0.1) is 0 Å². The Kier molecular flexibility index (Phi) is 21.4. The van der Waals surface area contributed by atoms with Crippen LogP contribution in [0.25, 0.3) is 0 Å². The quantitative estimate of drug-likeness (QED) is 0.505. The van der Waals surface area contributed by atoms with E-state index in [4.69, 9.17) is 4.55 Å². The molecule has 2 N–H and O–H groups in total. The second-order valence-electron chi connectivity index (χ2n) is 4.26. The molecule has 0 rings (SSSR count). The van der Waals surface area contributed by atoms with Gasteiger partial charge in [0.1, 0.15) is 0 Å². The Morgan fingerprint density at radius 1 is 0.889 bits per heavy atom. The van der Waals surface area contributed by atoms with E-state index >= 15 is 0 Å². The summed E-state index contributed by atoms with van der Waals surface area (Å²) in [5.41, 5.74) is 0. The molecule has 0 saturated carbocycles. The van der Waals surface area contributed by atoms with Gasteiger partial charge in [-0.3, -0.25) is 9.26 Å². The first-order valence-corrected chi connectivity index (χ1v) is 8.12. The molecule has 0 atom stereocenters. The predicted octanol–water partition coefficient (Wildman–Crippen LogP) is 3.00. The van der Waals surface area contributed by atoms with E-state index < -0.39 is 10.1 Å². The largest absolute Gasteiger partial charge is 0.323 e. The van der Waals surface area contributed by atoms with Crippen LogP contribution in [0.3, 0.4) is 0 Å².